The van der Waals surface area contributed by atoms with Crippen LogP contribution in [0.15, 0.2) is 60.8 Å². The molecule has 5 aromatic rings. The van der Waals surface area contributed by atoms with Gasteiger partial charge in [0, 0.05) is 30.1 Å². The van der Waals surface area contributed by atoms with Crippen molar-refractivity contribution in [2.24, 2.45) is 0 Å². The molecule has 0 atom stereocenters. The number of carbonyl (C=O) groups is 1. The lowest BCUT2D eigenvalue weighted by Crippen LogP contribution is -2.15. The Morgan fingerprint density at radius 2 is 1.88 bits per heavy atom. The van der Waals surface area contributed by atoms with Gasteiger partial charge in [0.2, 0.25) is 0 Å². The van der Waals surface area contributed by atoms with Crippen LogP contribution in [0.4, 0.5) is 11.5 Å². The first kappa shape index (κ1) is 20.3. The molecular formula is C23H20N8O2. The van der Waals surface area contributed by atoms with Gasteiger partial charge in [-0.15, -0.1) is 5.10 Å². The molecule has 3 heterocycles. The van der Waals surface area contributed by atoms with E-state index in [9.17, 15) is 9.90 Å². The summed E-state index contributed by atoms with van der Waals surface area (Å²) in [6, 6.07) is 17.9. The number of fused-ring (bicyclic) bond motifs is 1. The molecule has 0 aliphatic heterocycles. The third-order valence-corrected chi connectivity index (χ3v) is 5.54. The van der Waals surface area contributed by atoms with Gasteiger partial charge in [0.25, 0.3) is 0 Å². The van der Waals surface area contributed by atoms with Crippen LogP contribution in [0.3, 0.4) is 0 Å². The standard InChI is InChI=1S/C23H20N8O2/c1-3-15-12-20(31-22(25-15)19(13-24-31)23(32)33)30(2)16-10-8-14(9-11-16)17-6-4-5-7-18(17)21-26-28-29-27-21/h4-13H,3H2,1-2H3,(H,32,33)(H,26,27,28,29). The molecule has 0 saturated heterocycles. The second-order valence-electron chi connectivity index (χ2n) is 7.46. The molecule has 33 heavy (non-hydrogen) atoms. The Labute approximate surface area is 188 Å². The number of aryl methyl sites for hydroxylation is 1. The predicted octanol–water partition coefficient (Wildman–Crippen LogP) is 3.60. The van der Waals surface area contributed by atoms with Crippen LogP contribution in [0.5, 0.6) is 0 Å². The summed E-state index contributed by atoms with van der Waals surface area (Å²) in [5, 5.41) is 28.0. The van der Waals surface area contributed by atoms with Crippen LogP contribution >= 0.6 is 0 Å². The van der Waals surface area contributed by atoms with E-state index < -0.39 is 5.97 Å². The monoisotopic (exact) mass is 440 g/mol. The zero-order valence-electron chi connectivity index (χ0n) is 18.0. The molecule has 0 amide bonds. The summed E-state index contributed by atoms with van der Waals surface area (Å²) in [4.78, 5) is 18.0. The second-order valence-corrected chi connectivity index (χ2v) is 7.46. The number of carboxylic acids is 1. The molecule has 2 aromatic carbocycles. The number of nitrogens with zero attached hydrogens (tertiary/aromatic N) is 7. The number of hydrogen-bond acceptors (Lipinski definition) is 7. The number of aromatic amines is 1. The van der Waals surface area contributed by atoms with Crippen molar-refractivity contribution >= 4 is 23.1 Å². The van der Waals surface area contributed by atoms with Crippen molar-refractivity contribution in [2.45, 2.75) is 13.3 Å². The SMILES string of the molecule is CCc1cc(N(C)c2ccc(-c3ccccc3-c3nnn[nH]3)cc2)n2ncc(C(=O)O)c2n1. The van der Waals surface area contributed by atoms with Crippen LogP contribution in [0.25, 0.3) is 28.2 Å². The molecule has 10 nitrogen and oxygen atoms in total. The number of benzene rings is 2. The van der Waals surface area contributed by atoms with Crippen LogP contribution in [-0.2, 0) is 6.42 Å². The molecule has 0 aliphatic carbocycles. The molecule has 0 aliphatic rings. The van der Waals surface area contributed by atoms with Gasteiger partial charge in [-0.3, -0.25) is 0 Å². The van der Waals surface area contributed by atoms with E-state index in [-0.39, 0.29) is 5.56 Å². The van der Waals surface area contributed by atoms with Gasteiger partial charge in [0.15, 0.2) is 11.5 Å². The minimum absolute atomic E-state index is 0.0776. The number of anilines is 2. The number of aromatic carboxylic acids is 1. The van der Waals surface area contributed by atoms with Gasteiger partial charge in [-0.25, -0.2) is 14.9 Å². The quantitative estimate of drug-likeness (QED) is 0.410. The van der Waals surface area contributed by atoms with Crippen molar-refractivity contribution in [1.29, 1.82) is 0 Å². The number of H-pyrrole nitrogens is 1. The highest BCUT2D eigenvalue weighted by atomic mass is 16.4. The molecule has 0 fully saturated rings. The number of hydrogen-bond donors (Lipinski definition) is 2. The maximum Gasteiger partial charge on any atom is 0.341 e. The molecule has 164 valence electrons. The first-order valence-electron chi connectivity index (χ1n) is 10.3. The smallest absolute Gasteiger partial charge is 0.341 e. The number of aromatic nitrogens is 7. The van der Waals surface area contributed by atoms with E-state index in [1.807, 2.05) is 73.5 Å². The Balaban J connectivity index is 1.54. The Morgan fingerprint density at radius 3 is 2.55 bits per heavy atom. The van der Waals surface area contributed by atoms with Gasteiger partial charge in [0.1, 0.15) is 11.4 Å². The fraction of sp³-hybridized carbons (Fsp3) is 0.130. The van der Waals surface area contributed by atoms with Gasteiger partial charge in [-0.2, -0.15) is 9.61 Å². The van der Waals surface area contributed by atoms with Crippen molar-refractivity contribution in [2.75, 3.05) is 11.9 Å². The summed E-state index contributed by atoms with van der Waals surface area (Å²) in [6.45, 7) is 1.98. The summed E-state index contributed by atoms with van der Waals surface area (Å²) in [5.41, 5.74) is 5.04. The lowest BCUT2D eigenvalue weighted by molar-refractivity contribution is 0.0698. The number of tetrazole rings is 1. The summed E-state index contributed by atoms with van der Waals surface area (Å²) >= 11 is 0. The molecule has 3 aromatic heterocycles. The number of nitrogens with one attached hydrogen (secondary N) is 1. The molecule has 0 bridgehead atoms. The maximum atomic E-state index is 11.6. The molecular weight excluding hydrogens is 420 g/mol. The van der Waals surface area contributed by atoms with E-state index in [0.717, 1.165) is 33.9 Å². The fourth-order valence-electron chi connectivity index (χ4n) is 3.78. The van der Waals surface area contributed by atoms with Gasteiger partial charge < -0.3 is 10.0 Å². The Kier molecular flexibility index (Phi) is 5.02. The van der Waals surface area contributed by atoms with Gasteiger partial charge in [-0.1, -0.05) is 43.3 Å². The average Bonchev–Trinajstić information content (AvgIpc) is 3.53. The van der Waals surface area contributed by atoms with E-state index in [1.54, 1.807) is 4.52 Å². The minimum atomic E-state index is -1.05. The van der Waals surface area contributed by atoms with Crippen LogP contribution in [0, 0.1) is 0 Å². The molecule has 0 spiro atoms. The zero-order valence-corrected chi connectivity index (χ0v) is 18.0. The van der Waals surface area contributed by atoms with Crippen molar-refractivity contribution < 1.29 is 9.90 Å². The topological polar surface area (TPSA) is 125 Å². The molecule has 10 heteroatoms. The number of carboxylic acid groups (broad SMARTS) is 1. The third-order valence-electron chi connectivity index (χ3n) is 5.54. The van der Waals surface area contributed by atoms with Crippen LogP contribution < -0.4 is 4.90 Å². The Bertz CT molecular complexity index is 1440. The van der Waals surface area contributed by atoms with E-state index >= 15 is 0 Å². The van der Waals surface area contributed by atoms with Gasteiger partial charge in [0.05, 0.1) is 6.20 Å². The lowest BCUT2D eigenvalue weighted by Gasteiger charge is -2.21. The van der Waals surface area contributed by atoms with Gasteiger partial charge in [-0.05, 0) is 40.1 Å². The maximum absolute atomic E-state index is 11.6. The minimum Gasteiger partial charge on any atom is -0.477 e. The molecule has 0 unspecified atom stereocenters. The fourth-order valence-corrected chi connectivity index (χ4v) is 3.78. The highest BCUT2D eigenvalue weighted by Gasteiger charge is 2.19. The molecule has 0 radical (unpaired) electrons. The molecule has 2 N–H and O–H groups in total. The first-order chi connectivity index (χ1) is 16.1. The highest BCUT2D eigenvalue weighted by Crippen LogP contribution is 2.32. The lowest BCUT2D eigenvalue weighted by atomic mass is 9.99. The zero-order chi connectivity index (χ0) is 22.9. The van der Waals surface area contributed by atoms with Crippen molar-refractivity contribution in [3.63, 3.8) is 0 Å². The predicted molar refractivity (Wildman–Crippen MR) is 122 cm³/mol. The van der Waals surface area contributed by atoms with E-state index in [0.29, 0.717) is 17.9 Å². The van der Waals surface area contributed by atoms with Crippen LogP contribution in [0.1, 0.15) is 23.0 Å². The van der Waals surface area contributed by atoms with E-state index in [2.05, 4.69) is 30.7 Å². The highest BCUT2D eigenvalue weighted by molar-refractivity contribution is 5.94. The van der Waals surface area contributed by atoms with Crippen molar-refractivity contribution in [3.8, 4) is 22.5 Å². The molecule has 0 saturated carbocycles. The summed E-state index contributed by atoms with van der Waals surface area (Å²) in [5.74, 6) is 0.278. The third kappa shape index (κ3) is 3.57. The average molecular weight is 440 g/mol. The normalized spacial score (nSPS) is 11.1. The summed E-state index contributed by atoms with van der Waals surface area (Å²) < 4.78 is 1.56. The van der Waals surface area contributed by atoms with Crippen molar-refractivity contribution in [3.05, 3.63) is 72.1 Å². The summed E-state index contributed by atoms with van der Waals surface area (Å²) in [7, 11) is 1.92. The van der Waals surface area contributed by atoms with Crippen LogP contribution in [0.2, 0.25) is 0 Å². The van der Waals surface area contributed by atoms with Crippen LogP contribution in [-0.4, -0.2) is 53.3 Å². The number of rotatable bonds is 6. The largest absolute Gasteiger partial charge is 0.477 e. The van der Waals surface area contributed by atoms with Gasteiger partial charge >= 0.3 is 5.97 Å². The van der Waals surface area contributed by atoms with Crippen molar-refractivity contribution in [1.82, 2.24) is 35.2 Å². The van der Waals surface area contributed by atoms with E-state index in [1.165, 1.54) is 6.20 Å². The summed E-state index contributed by atoms with van der Waals surface area (Å²) in [6.07, 6.45) is 2.01. The second kappa shape index (κ2) is 8.15. The van der Waals surface area contributed by atoms with E-state index in [4.69, 9.17) is 0 Å². The molecule has 5 rings (SSSR count). The Hall–Kier alpha value is -4.60. The first-order valence-corrected chi connectivity index (χ1v) is 10.3. The Morgan fingerprint density at radius 1 is 1.12 bits per heavy atom.